The molecule has 0 aliphatic heterocycles. The molecule has 0 aliphatic rings. The van der Waals surface area contributed by atoms with Crippen molar-refractivity contribution in [1.29, 1.82) is 0 Å². The van der Waals surface area contributed by atoms with Crippen molar-refractivity contribution >= 4 is 10.8 Å². The highest BCUT2D eigenvalue weighted by Gasteiger charge is 2.05. The van der Waals surface area contributed by atoms with Gasteiger partial charge in [-0.2, -0.15) is 0 Å². The number of rotatable bonds is 7. The van der Waals surface area contributed by atoms with Gasteiger partial charge < -0.3 is 0 Å². The predicted molar refractivity (Wildman–Crippen MR) is 123 cm³/mol. The normalized spacial score (nSPS) is 11.2. The van der Waals surface area contributed by atoms with E-state index in [1.54, 1.807) is 0 Å². The molecule has 0 saturated carbocycles. The summed E-state index contributed by atoms with van der Waals surface area (Å²) in [4.78, 5) is 0. The van der Waals surface area contributed by atoms with Gasteiger partial charge in [-0.3, -0.25) is 0 Å². The first-order chi connectivity index (χ1) is 14.6. The molecule has 0 nitrogen and oxygen atoms in total. The summed E-state index contributed by atoms with van der Waals surface area (Å²) < 4.78 is 27.0. The third-order valence-electron chi connectivity index (χ3n) is 5.64. The molecule has 0 aliphatic carbocycles. The fourth-order valence-electron chi connectivity index (χ4n) is 3.96. The zero-order valence-electron chi connectivity index (χ0n) is 17.3. The van der Waals surface area contributed by atoms with Crippen LogP contribution in [0, 0.1) is 11.6 Å². The Morgan fingerprint density at radius 3 is 1.83 bits per heavy atom. The van der Waals surface area contributed by atoms with E-state index in [4.69, 9.17) is 0 Å². The second-order valence-electron chi connectivity index (χ2n) is 7.94. The summed E-state index contributed by atoms with van der Waals surface area (Å²) in [6, 6.07) is 24.7. The molecule has 0 atom stereocenters. The van der Waals surface area contributed by atoms with Crippen LogP contribution in [0.15, 0.2) is 78.9 Å². The third kappa shape index (κ3) is 4.76. The largest absolute Gasteiger partial charge is 0.207 e. The van der Waals surface area contributed by atoms with Crippen LogP contribution in [-0.2, 0) is 6.42 Å². The standard InChI is InChI=1S/C28H26F2/c1-2-3-4-5-6-20-7-8-25-16-24(14-13-23(25)15-20)21-9-11-22(12-10-21)26-17-27(29)19-28(30)18-26/h7-19H,2-6H2,1H3. The van der Waals surface area contributed by atoms with Crippen LogP contribution in [-0.4, -0.2) is 0 Å². The minimum absolute atomic E-state index is 0.545. The number of fused-ring (bicyclic) bond motifs is 1. The van der Waals surface area contributed by atoms with Crippen LogP contribution in [0.5, 0.6) is 0 Å². The zero-order chi connectivity index (χ0) is 20.9. The van der Waals surface area contributed by atoms with Crippen LogP contribution in [0.3, 0.4) is 0 Å². The van der Waals surface area contributed by atoms with E-state index >= 15 is 0 Å². The number of unbranched alkanes of at least 4 members (excludes halogenated alkanes) is 3. The van der Waals surface area contributed by atoms with Gasteiger partial charge in [0.05, 0.1) is 0 Å². The molecule has 0 radical (unpaired) electrons. The second kappa shape index (κ2) is 9.21. The maximum atomic E-state index is 13.5. The summed E-state index contributed by atoms with van der Waals surface area (Å²) in [5.41, 5.74) is 4.96. The Balaban J connectivity index is 1.54. The first-order valence-electron chi connectivity index (χ1n) is 10.7. The highest BCUT2D eigenvalue weighted by atomic mass is 19.1. The van der Waals surface area contributed by atoms with E-state index in [-0.39, 0.29) is 0 Å². The average Bonchev–Trinajstić information content (AvgIpc) is 2.76. The van der Waals surface area contributed by atoms with E-state index in [0.29, 0.717) is 5.56 Å². The number of benzene rings is 4. The molecular weight excluding hydrogens is 374 g/mol. The average molecular weight is 401 g/mol. The molecule has 152 valence electrons. The number of halogens is 2. The van der Waals surface area contributed by atoms with E-state index in [1.807, 2.05) is 24.3 Å². The molecule has 0 heterocycles. The van der Waals surface area contributed by atoms with E-state index < -0.39 is 11.6 Å². The Kier molecular flexibility index (Phi) is 6.23. The molecule has 0 spiro atoms. The molecular formula is C28H26F2. The Morgan fingerprint density at radius 2 is 1.13 bits per heavy atom. The van der Waals surface area contributed by atoms with Gasteiger partial charge >= 0.3 is 0 Å². The van der Waals surface area contributed by atoms with Crippen LogP contribution in [0.2, 0.25) is 0 Å². The minimum atomic E-state index is -0.562. The fraction of sp³-hybridized carbons (Fsp3) is 0.214. The molecule has 0 amide bonds. The molecule has 4 rings (SSSR count). The topological polar surface area (TPSA) is 0 Å². The fourth-order valence-corrected chi connectivity index (χ4v) is 3.96. The zero-order valence-corrected chi connectivity index (χ0v) is 17.3. The summed E-state index contributed by atoms with van der Waals surface area (Å²) in [5.74, 6) is -1.12. The van der Waals surface area contributed by atoms with Crippen LogP contribution in [0.25, 0.3) is 33.0 Å². The van der Waals surface area contributed by atoms with Crippen LogP contribution in [0.1, 0.15) is 38.2 Å². The van der Waals surface area contributed by atoms with Crippen molar-refractivity contribution in [3.63, 3.8) is 0 Å². The number of hydrogen-bond donors (Lipinski definition) is 0. The number of hydrogen-bond acceptors (Lipinski definition) is 0. The molecule has 0 N–H and O–H groups in total. The monoisotopic (exact) mass is 400 g/mol. The quantitative estimate of drug-likeness (QED) is 0.273. The van der Waals surface area contributed by atoms with Gasteiger partial charge in [0, 0.05) is 6.07 Å². The van der Waals surface area contributed by atoms with Crippen molar-refractivity contribution in [2.24, 2.45) is 0 Å². The molecule has 0 fully saturated rings. The Hall–Kier alpha value is -3.00. The van der Waals surface area contributed by atoms with E-state index in [2.05, 4.69) is 43.3 Å². The Labute approximate surface area is 177 Å². The molecule has 30 heavy (non-hydrogen) atoms. The van der Waals surface area contributed by atoms with Crippen molar-refractivity contribution in [2.45, 2.75) is 39.0 Å². The van der Waals surface area contributed by atoms with Crippen molar-refractivity contribution in [2.75, 3.05) is 0 Å². The van der Waals surface area contributed by atoms with E-state index in [1.165, 1.54) is 54.2 Å². The molecule has 2 heteroatoms. The van der Waals surface area contributed by atoms with Crippen LogP contribution in [0.4, 0.5) is 8.78 Å². The Bertz CT molecular complexity index is 1120. The maximum Gasteiger partial charge on any atom is 0.126 e. The van der Waals surface area contributed by atoms with Crippen molar-refractivity contribution < 1.29 is 8.78 Å². The summed E-state index contributed by atoms with van der Waals surface area (Å²) in [6.07, 6.45) is 6.26. The van der Waals surface area contributed by atoms with Gasteiger partial charge in [-0.25, -0.2) is 8.78 Å². The lowest BCUT2D eigenvalue weighted by molar-refractivity contribution is 0.584. The van der Waals surface area contributed by atoms with E-state index in [9.17, 15) is 8.78 Å². The molecule has 0 unspecified atom stereocenters. The van der Waals surface area contributed by atoms with E-state index in [0.717, 1.165) is 29.2 Å². The maximum absolute atomic E-state index is 13.5. The van der Waals surface area contributed by atoms with Gasteiger partial charge in [0.1, 0.15) is 11.6 Å². The summed E-state index contributed by atoms with van der Waals surface area (Å²) >= 11 is 0. The lowest BCUT2D eigenvalue weighted by Crippen LogP contribution is -1.87. The van der Waals surface area contributed by atoms with Gasteiger partial charge in [-0.05, 0) is 69.6 Å². The first kappa shape index (κ1) is 20.3. The minimum Gasteiger partial charge on any atom is -0.207 e. The first-order valence-corrected chi connectivity index (χ1v) is 10.7. The molecule has 0 aromatic heterocycles. The van der Waals surface area contributed by atoms with Crippen molar-refractivity contribution in [3.8, 4) is 22.3 Å². The summed E-state index contributed by atoms with van der Waals surface area (Å²) in [7, 11) is 0. The number of aryl methyl sites for hydroxylation is 1. The lowest BCUT2D eigenvalue weighted by Gasteiger charge is -2.08. The SMILES string of the molecule is CCCCCCc1ccc2cc(-c3ccc(-c4cc(F)cc(F)c4)cc3)ccc2c1. The molecule has 0 bridgehead atoms. The molecule has 4 aromatic carbocycles. The van der Waals surface area contributed by atoms with Gasteiger partial charge in [0.15, 0.2) is 0 Å². The van der Waals surface area contributed by atoms with Gasteiger partial charge in [-0.1, -0.05) is 80.8 Å². The van der Waals surface area contributed by atoms with Gasteiger partial charge in [-0.15, -0.1) is 0 Å². The molecule has 0 saturated heterocycles. The highest BCUT2D eigenvalue weighted by molar-refractivity contribution is 5.88. The van der Waals surface area contributed by atoms with Gasteiger partial charge in [0.2, 0.25) is 0 Å². The molecule has 4 aromatic rings. The van der Waals surface area contributed by atoms with Crippen LogP contribution < -0.4 is 0 Å². The van der Waals surface area contributed by atoms with Crippen LogP contribution >= 0.6 is 0 Å². The predicted octanol–water partition coefficient (Wildman–Crippen LogP) is 8.57. The van der Waals surface area contributed by atoms with Crippen molar-refractivity contribution in [3.05, 3.63) is 96.1 Å². The lowest BCUT2D eigenvalue weighted by atomic mass is 9.97. The summed E-state index contributed by atoms with van der Waals surface area (Å²) in [6.45, 7) is 2.24. The summed E-state index contributed by atoms with van der Waals surface area (Å²) in [5, 5.41) is 2.49. The van der Waals surface area contributed by atoms with Gasteiger partial charge in [0.25, 0.3) is 0 Å². The third-order valence-corrected chi connectivity index (χ3v) is 5.64. The highest BCUT2D eigenvalue weighted by Crippen LogP contribution is 2.29. The second-order valence-corrected chi connectivity index (χ2v) is 7.94. The smallest absolute Gasteiger partial charge is 0.126 e. The Morgan fingerprint density at radius 1 is 0.533 bits per heavy atom. The van der Waals surface area contributed by atoms with Crippen molar-refractivity contribution in [1.82, 2.24) is 0 Å².